The molecule has 3 nitrogen and oxygen atoms in total. The molecule has 0 bridgehead atoms. The number of hydrogen-bond acceptors (Lipinski definition) is 5. The van der Waals surface area contributed by atoms with Gasteiger partial charge in [0.1, 0.15) is 5.40 Å². The Bertz CT molecular complexity index is 516. The number of rotatable bonds is 3. The van der Waals surface area contributed by atoms with E-state index in [1.807, 2.05) is 29.7 Å². The largest absolute Gasteiger partial charge is 0.332 e. The molecule has 0 radical (unpaired) electrons. The molecule has 1 aromatic heterocycles. The van der Waals surface area contributed by atoms with Crippen molar-refractivity contribution in [1.82, 2.24) is 4.98 Å². The number of nitrogens with zero attached hydrogens (tertiary/aromatic N) is 2. The fourth-order valence-corrected chi connectivity index (χ4v) is 2.47. The lowest BCUT2D eigenvalue weighted by atomic mass is 10.3. The molecule has 1 aromatic carbocycles. The van der Waals surface area contributed by atoms with Crippen LogP contribution in [0.5, 0.6) is 0 Å². The number of thiazole rings is 1. The SMILES string of the molecule is N#CSc1cnc(Nc2ccc(Cl)cc2)s1. The van der Waals surface area contributed by atoms with Gasteiger partial charge in [0, 0.05) is 22.5 Å². The van der Waals surface area contributed by atoms with Gasteiger partial charge in [0.25, 0.3) is 0 Å². The van der Waals surface area contributed by atoms with Crippen LogP contribution < -0.4 is 5.32 Å². The van der Waals surface area contributed by atoms with E-state index in [0.29, 0.717) is 5.02 Å². The van der Waals surface area contributed by atoms with E-state index in [0.717, 1.165) is 26.8 Å². The minimum atomic E-state index is 0.699. The van der Waals surface area contributed by atoms with E-state index >= 15 is 0 Å². The average molecular weight is 268 g/mol. The number of anilines is 2. The summed E-state index contributed by atoms with van der Waals surface area (Å²) in [6.45, 7) is 0. The highest BCUT2D eigenvalue weighted by Gasteiger charge is 2.02. The second-order valence-corrected chi connectivity index (χ2v) is 5.36. The number of benzene rings is 1. The Morgan fingerprint density at radius 2 is 2.12 bits per heavy atom. The smallest absolute Gasteiger partial charge is 0.188 e. The van der Waals surface area contributed by atoms with E-state index in [1.165, 1.54) is 11.3 Å². The van der Waals surface area contributed by atoms with Crippen molar-refractivity contribution in [1.29, 1.82) is 5.26 Å². The Balaban J connectivity index is 2.09. The van der Waals surface area contributed by atoms with E-state index < -0.39 is 0 Å². The molecule has 2 aromatic rings. The van der Waals surface area contributed by atoms with Gasteiger partial charge in [-0.1, -0.05) is 22.9 Å². The van der Waals surface area contributed by atoms with Crippen molar-refractivity contribution in [3.63, 3.8) is 0 Å². The van der Waals surface area contributed by atoms with Crippen LogP contribution in [0.1, 0.15) is 0 Å². The first-order valence-electron chi connectivity index (χ1n) is 4.32. The molecule has 0 unspecified atom stereocenters. The summed E-state index contributed by atoms with van der Waals surface area (Å²) in [5, 5.41) is 15.1. The molecule has 0 aliphatic rings. The van der Waals surface area contributed by atoms with Gasteiger partial charge in [-0.25, -0.2) is 4.98 Å². The molecular weight excluding hydrogens is 262 g/mol. The lowest BCUT2D eigenvalue weighted by molar-refractivity contribution is 1.36. The normalized spacial score (nSPS) is 9.75. The monoisotopic (exact) mass is 267 g/mol. The standard InChI is InChI=1S/C10H6ClN3S2/c11-7-1-3-8(4-2-7)14-10-13-5-9(16-10)15-6-12/h1-5H,(H,13,14). The number of aromatic nitrogens is 1. The van der Waals surface area contributed by atoms with Crippen molar-refractivity contribution < 1.29 is 0 Å². The van der Waals surface area contributed by atoms with Crippen LogP contribution in [0.4, 0.5) is 10.8 Å². The van der Waals surface area contributed by atoms with Crippen molar-refractivity contribution in [3.8, 4) is 5.40 Å². The molecule has 0 aliphatic carbocycles. The van der Waals surface area contributed by atoms with Crippen LogP contribution in [0.2, 0.25) is 5.02 Å². The summed E-state index contributed by atoms with van der Waals surface area (Å²) in [5.74, 6) is 0. The molecular formula is C10H6ClN3S2. The van der Waals surface area contributed by atoms with E-state index in [2.05, 4.69) is 10.3 Å². The number of halogens is 1. The minimum absolute atomic E-state index is 0.699. The molecule has 0 saturated heterocycles. The van der Waals surface area contributed by atoms with E-state index in [-0.39, 0.29) is 0 Å². The summed E-state index contributed by atoms with van der Waals surface area (Å²) in [5.41, 5.74) is 0.923. The van der Waals surface area contributed by atoms with Crippen LogP contribution in [0.25, 0.3) is 0 Å². The Labute approximate surface area is 106 Å². The second kappa shape index (κ2) is 5.21. The van der Waals surface area contributed by atoms with Gasteiger partial charge in [-0.2, -0.15) is 5.26 Å². The van der Waals surface area contributed by atoms with Crippen LogP contribution in [0.15, 0.2) is 34.7 Å². The fraction of sp³-hybridized carbons (Fsp3) is 0. The molecule has 80 valence electrons. The first-order chi connectivity index (χ1) is 7.78. The highest BCUT2D eigenvalue weighted by atomic mass is 35.5. The molecule has 6 heteroatoms. The van der Waals surface area contributed by atoms with Gasteiger partial charge in [-0.05, 0) is 24.3 Å². The summed E-state index contributed by atoms with van der Waals surface area (Å²) in [6.07, 6.45) is 1.68. The van der Waals surface area contributed by atoms with Crippen LogP contribution >= 0.6 is 34.7 Å². The molecule has 16 heavy (non-hydrogen) atoms. The van der Waals surface area contributed by atoms with Gasteiger partial charge >= 0.3 is 0 Å². The molecule has 2 rings (SSSR count). The quantitative estimate of drug-likeness (QED) is 0.671. The Kier molecular flexibility index (Phi) is 3.67. The van der Waals surface area contributed by atoms with Crippen LogP contribution in [0.3, 0.4) is 0 Å². The number of hydrogen-bond donors (Lipinski definition) is 1. The van der Waals surface area contributed by atoms with Crippen molar-refractivity contribution in [2.24, 2.45) is 0 Å². The zero-order valence-corrected chi connectivity index (χ0v) is 10.4. The first kappa shape index (κ1) is 11.3. The lowest BCUT2D eigenvalue weighted by Crippen LogP contribution is -1.87. The van der Waals surface area contributed by atoms with Gasteiger partial charge in [-0.15, -0.1) is 0 Å². The molecule has 0 atom stereocenters. The van der Waals surface area contributed by atoms with Crippen molar-refractivity contribution in [3.05, 3.63) is 35.5 Å². The zero-order valence-electron chi connectivity index (χ0n) is 7.98. The van der Waals surface area contributed by atoms with Crippen LogP contribution in [0, 0.1) is 10.7 Å². The van der Waals surface area contributed by atoms with E-state index in [1.54, 1.807) is 6.20 Å². The predicted octanol–water partition coefficient (Wildman–Crippen LogP) is 4.11. The molecule has 0 fully saturated rings. The minimum Gasteiger partial charge on any atom is -0.332 e. The predicted molar refractivity (Wildman–Crippen MR) is 68.3 cm³/mol. The summed E-state index contributed by atoms with van der Waals surface area (Å²) >= 11 is 8.33. The number of nitriles is 1. The van der Waals surface area contributed by atoms with Gasteiger partial charge in [0.05, 0.1) is 10.4 Å². The first-order valence-corrected chi connectivity index (χ1v) is 6.33. The molecule has 0 aliphatic heterocycles. The third-order valence-corrected chi connectivity index (χ3v) is 3.58. The highest BCUT2D eigenvalue weighted by molar-refractivity contribution is 8.05. The summed E-state index contributed by atoms with van der Waals surface area (Å²) < 4.78 is 0.874. The number of thioether (sulfide) groups is 1. The maximum atomic E-state index is 8.51. The van der Waals surface area contributed by atoms with Crippen molar-refractivity contribution in [2.75, 3.05) is 5.32 Å². The van der Waals surface area contributed by atoms with Crippen LogP contribution in [-0.4, -0.2) is 4.98 Å². The lowest BCUT2D eigenvalue weighted by Gasteiger charge is -2.01. The van der Waals surface area contributed by atoms with Gasteiger partial charge < -0.3 is 5.32 Å². The Morgan fingerprint density at radius 3 is 2.81 bits per heavy atom. The van der Waals surface area contributed by atoms with Crippen LogP contribution in [-0.2, 0) is 0 Å². The van der Waals surface area contributed by atoms with Crippen molar-refractivity contribution in [2.45, 2.75) is 4.21 Å². The van der Waals surface area contributed by atoms with Gasteiger partial charge in [0.2, 0.25) is 0 Å². The summed E-state index contributed by atoms with van der Waals surface area (Å²) in [7, 11) is 0. The Morgan fingerprint density at radius 1 is 1.38 bits per heavy atom. The second-order valence-electron chi connectivity index (χ2n) is 2.81. The molecule has 1 N–H and O–H groups in total. The maximum absolute atomic E-state index is 8.51. The fourth-order valence-electron chi connectivity index (χ4n) is 1.07. The summed E-state index contributed by atoms with van der Waals surface area (Å²) in [6, 6.07) is 7.37. The maximum Gasteiger partial charge on any atom is 0.188 e. The van der Waals surface area contributed by atoms with Gasteiger partial charge in [0.15, 0.2) is 5.13 Å². The molecule has 0 amide bonds. The van der Waals surface area contributed by atoms with E-state index in [9.17, 15) is 0 Å². The number of thiocyanates is 1. The topological polar surface area (TPSA) is 48.7 Å². The van der Waals surface area contributed by atoms with Gasteiger partial charge in [-0.3, -0.25) is 0 Å². The van der Waals surface area contributed by atoms with Crippen molar-refractivity contribution >= 4 is 45.5 Å². The summed E-state index contributed by atoms with van der Waals surface area (Å²) in [4.78, 5) is 4.15. The third kappa shape index (κ3) is 2.89. The third-order valence-electron chi connectivity index (χ3n) is 1.73. The number of nitrogens with one attached hydrogen (secondary N) is 1. The molecule has 1 heterocycles. The van der Waals surface area contributed by atoms with E-state index in [4.69, 9.17) is 16.9 Å². The molecule has 0 spiro atoms. The average Bonchev–Trinajstić information content (AvgIpc) is 2.70. The zero-order chi connectivity index (χ0) is 11.4. The molecule has 0 saturated carbocycles. The highest BCUT2D eigenvalue weighted by Crippen LogP contribution is 2.29. The Hall–Kier alpha value is -1.22.